The zero-order valence-corrected chi connectivity index (χ0v) is 12.5. The van der Waals surface area contributed by atoms with Crippen LogP contribution >= 0.6 is 11.6 Å². The van der Waals surface area contributed by atoms with E-state index >= 15 is 0 Å². The van der Waals surface area contributed by atoms with Gasteiger partial charge in [-0.05, 0) is 25.5 Å². The van der Waals surface area contributed by atoms with Crippen LogP contribution in [0.3, 0.4) is 0 Å². The smallest absolute Gasteiger partial charge is 0.216 e. The Balaban J connectivity index is 2.45. The van der Waals surface area contributed by atoms with Gasteiger partial charge in [-0.3, -0.25) is 4.79 Å². The van der Waals surface area contributed by atoms with Crippen LogP contribution in [-0.4, -0.2) is 22.0 Å². The molecule has 1 amide bonds. The van der Waals surface area contributed by atoms with Crippen LogP contribution in [0, 0.1) is 12.7 Å². The van der Waals surface area contributed by atoms with Crippen LogP contribution in [0.1, 0.15) is 30.6 Å². The summed E-state index contributed by atoms with van der Waals surface area (Å²) in [6.07, 6.45) is 0. The summed E-state index contributed by atoms with van der Waals surface area (Å²) in [5.41, 5.74) is 1.97. The predicted octanol–water partition coefficient (Wildman–Crippen LogP) is 2.92. The number of alkyl halides is 1. The summed E-state index contributed by atoms with van der Waals surface area (Å²) >= 11 is 6.14. The van der Waals surface area contributed by atoms with E-state index in [1.54, 1.807) is 13.0 Å². The van der Waals surface area contributed by atoms with Crippen molar-refractivity contribution in [1.29, 1.82) is 0 Å². The third-order valence-corrected chi connectivity index (χ3v) is 3.32. The molecule has 108 valence electrons. The third kappa shape index (κ3) is 2.93. The summed E-state index contributed by atoms with van der Waals surface area (Å²) in [5.74, 6) is 0.312. The van der Waals surface area contributed by atoms with E-state index in [0.29, 0.717) is 30.0 Å². The molecule has 1 aromatic carbocycles. The Morgan fingerprint density at radius 2 is 2.25 bits per heavy atom. The van der Waals surface area contributed by atoms with Gasteiger partial charge in [0.25, 0.3) is 0 Å². The van der Waals surface area contributed by atoms with Gasteiger partial charge in [0.05, 0.1) is 16.4 Å². The molecule has 1 heterocycles. The van der Waals surface area contributed by atoms with Crippen LogP contribution in [0.2, 0.25) is 0 Å². The van der Waals surface area contributed by atoms with Crippen molar-refractivity contribution < 1.29 is 9.18 Å². The fraction of sp³-hybridized carbons (Fsp3) is 0.429. The van der Waals surface area contributed by atoms with Crippen molar-refractivity contribution in [3.05, 3.63) is 29.3 Å². The number of halogens is 2. The Kier molecular flexibility index (Phi) is 4.28. The number of aromatic nitrogens is 2. The quantitative estimate of drug-likeness (QED) is 0.882. The molecular formula is C14H17ClFN3O. The van der Waals surface area contributed by atoms with E-state index in [1.165, 1.54) is 13.0 Å². The van der Waals surface area contributed by atoms with E-state index in [2.05, 4.69) is 10.3 Å². The Hall–Kier alpha value is -1.62. The fourth-order valence-corrected chi connectivity index (χ4v) is 2.32. The molecule has 4 nitrogen and oxygen atoms in total. The third-order valence-electron chi connectivity index (χ3n) is 3.12. The topological polar surface area (TPSA) is 46.9 Å². The summed E-state index contributed by atoms with van der Waals surface area (Å²) in [5, 5.41) is 2.45. The van der Waals surface area contributed by atoms with Gasteiger partial charge in [-0.1, -0.05) is 0 Å². The minimum atomic E-state index is -0.289. The number of aryl methyl sites for hydroxylation is 1. The number of amides is 1. The standard InChI is InChI=1S/C14H17ClFN3O/c1-8-6-13-12(7-11(8)16)18-14(9(2)15)19(13)5-4-17-10(3)20/h6-7,9H,4-5H2,1-3H3,(H,17,20). The zero-order chi connectivity index (χ0) is 14.9. The van der Waals surface area contributed by atoms with E-state index in [4.69, 9.17) is 11.6 Å². The first-order valence-electron chi connectivity index (χ1n) is 6.45. The summed E-state index contributed by atoms with van der Waals surface area (Å²) in [7, 11) is 0. The molecule has 0 radical (unpaired) electrons. The molecule has 20 heavy (non-hydrogen) atoms. The van der Waals surface area contributed by atoms with Gasteiger partial charge >= 0.3 is 0 Å². The number of carbonyl (C=O) groups excluding carboxylic acids is 1. The maximum absolute atomic E-state index is 13.6. The highest BCUT2D eigenvalue weighted by atomic mass is 35.5. The normalized spacial score (nSPS) is 12.7. The Labute approximate surface area is 121 Å². The van der Waals surface area contributed by atoms with Crippen LogP contribution < -0.4 is 5.32 Å². The number of imidazole rings is 1. The molecule has 0 saturated heterocycles. The molecule has 0 spiro atoms. The number of hydrogen-bond donors (Lipinski definition) is 1. The molecule has 0 fully saturated rings. The van der Waals surface area contributed by atoms with Crippen molar-refractivity contribution in [3.8, 4) is 0 Å². The van der Waals surface area contributed by atoms with Crippen LogP contribution in [0.5, 0.6) is 0 Å². The zero-order valence-electron chi connectivity index (χ0n) is 11.7. The van der Waals surface area contributed by atoms with E-state index in [-0.39, 0.29) is 17.1 Å². The van der Waals surface area contributed by atoms with Crippen LogP contribution in [-0.2, 0) is 11.3 Å². The maximum atomic E-state index is 13.6. The first kappa shape index (κ1) is 14.8. The number of hydrogen-bond acceptors (Lipinski definition) is 2. The number of nitrogens with one attached hydrogen (secondary N) is 1. The molecular weight excluding hydrogens is 281 g/mol. The van der Waals surface area contributed by atoms with Gasteiger partial charge < -0.3 is 9.88 Å². The van der Waals surface area contributed by atoms with E-state index < -0.39 is 0 Å². The molecule has 1 N–H and O–H groups in total. The van der Waals surface area contributed by atoms with Gasteiger partial charge in [0.1, 0.15) is 11.6 Å². The van der Waals surface area contributed by atoms with Crippen LogP contribution in [0.15, 0.2) is 12.1 Å². The van der Waals surface area contributed by atoms with Crippen LogP contribution in [0.25, 0.3) is 11.0 Å². The molecule has 6 heteroatoms. The summed E-state index contributed by atoms with van der Waals surface area (Å²) in [4.78, 5) is 15.3. The molecule has 2 rings (SSSR count). The average molecular weight is 298 g/mol. The molecule has 1 unspecified atom stereocenters. The minimum absolute atomic E-state index is 0.0860. The van der Waals surface area contributed by atoms with Crippen LogP contribution in [0.4, 0.5) is 4.39 Å². The van der Waals surface area contributed by atoms with Gasteiger partial charge in [-0.15, -0.1) is 11.6 Å². The molecule has 0 aliphatic heterocycles. The lowest BCUT2D eigenvalue weighted by Crippen LogP contribution is -2.25. The summed E-state index contributed by atoms with van der Waals surface area (Å²) in [6, 6.07) is 3.18. The maximum Gasteiger partial charge on any atom is 0.216 e. The van der Waals surface area contributed by atoms with Crippen molar-refractivity contribution in [3.63, 3.8) is 0 Å². The highest BCUT2D eigenvalue weighted by Gasteiger charge is 2.16. The van der Waals surface area contributed by atoms with Crippen molar-refractivity contribution in [1.82, 2.24) is 14.9 Å². The monoisotopic (exact) mass is 297 g/mol. The molecule has 1 atom stereocenters. The minimum Gasteiger partial charge on any atom is -0.355 e. The predicted molar refractivity (Wildman–Crippen MR) is 77.4 cm³/mol. The second-order valence-electron chi connectivity index (χ2n) is 4.81. The molecule has 0 aliphatic rings. The fourth-order valence-electron chi connectivity index (χ4n) is 2.15. The lowest BCUT2D eigenvalue weighted by atomic mass is 10.2. The van der Waals surface area contributed by atoms with E-state index in [1.807, 2.05) is 11.5 Å². The summed E-state index contributed by atoms with van der Waals surface area (Å²) < 4.78 is 15.5. The van der Waals surface area contributed by atoms with Gasteiger partial charge in [0, 0.05) is 26.1 Å². The lowest BCUT2D eigenvalue weighted by Gasteiger charge is -2.11. The SMILES string of the molecule is CC(=O)NCCn1c(C(C)Cl)nc2cc(F)c(C)cc21. The Morgan fingerprint density at radius 1 is 1.55 bits per heavy atom. The van der Waals surface area contributed by atoms with Gasteiger partial charge in [-0.2, -0.15) is 0 Å². The molecule has 0 saturated carbocycles. The molecule has 2 aromatic rings. The van der Waals surface area contributed by atoms with Crippen molar-refractivity contribution in [2.75, 3.05) is 6.54 Å². The van der Waals surface area contributed by atoms with E-state index in [0.717, 1.165) is 5.52 Å². The number of nitrogens with zero attached hydrogens (tertiary/aromatic N) is 2. The van der Waals surface area contributed by atoms with Crippen molar-refractivity contribution in [2.24, 2.45) is 0 Å². The second-order valence-corrected chi connectivity index (χ2v) is 5.47. The largest absolute Gasteiger partial charge is 0.355 e. The van der Waals surface area contributed by atoms with Gasteiger partial charge in [-0.25, -0.2) is 9.37 Å². The number of carbonyl (C=O) groups is 1. The summed E-state index contributed by atoms with van der Waals surface area (Å²) in [6.45, 7) is 6.03. The Morgan fingerprint density at radius 3 is 2.85 bits per heavy atom. The number of benzene rings is 1. The molecule has 1 aromatic heterocycles. The van der Waals surface area contributed by atoms with Crippen molar-refractivity contribution >= 4 is 28.5 Å². The van der Waals surface area contributed by atoms with E-state index in [9.17, 15) is 9.18 Å². The van der Waals surface area contributed by atoms with Crippen molar-refractivity contribution in [2.45, 2.75) is 32.7 Å². The van der Waals surface area contributed by atoms with Gasteiger partial charge in [0.2, 0.25) is 5.91 Å². The first-order chi connectivity index (χ1) is 9.40. The number of fused-ring (bicyclic) bond motifs is 1. The molecule has 0 aliphatic carbocycles. The van der Waals surface area contributed by atoms with Gasteiger partial charge in [0.15, 0.2) is 0 Å². The lowest BCUT2D eigenvalue weighted by molar-refractivity contribution is -0.118. The first-order valence-corrected chi connectivity index (χ1v) is 6.88. The Bertz CT molecular complexity index is 651. The second kappa shape index (κ2) is 5.79. The average Bonchev–Trinajstić information content (AvgIpc) is 2.68. The number of rotatable bonds is 4. The highest BCUT2D eigenvalue weighted by Crippen LogP contribution is 2.26. The highest BCUT2D eigenvalue weighted by molar-refractivity contribution is 6.20. The molecule has 0 bridgehead atoms.